The Hall–Kier alpha value is -2.60. The first kappa shape index (κ1) is 59.4. The van der Waals surface area contributed by atoms with Gasteiger partial charge in [0.1, 0.15) is 0 Å². The zero-order valence-corrected chi connectivity index (χ0v) is 40.7. The number of hydrogen-bond donors (Lipinski definition) is 3. The summed E-state index contributed by atoms with van der Waals surface area (Å²) < 4.78 is 0. The van der Waals surface area contributed by atoms with Crippen molar-refractivity contribution >= 4 is 11.6 Å². The normalized spacial score (nSPS) is 14.6. The molecule has 5 nitrogen and oxygen atoms in total. The van der Waals surface area contributed by atoms with E-state index in [-0.39, 0.29) is 19.3 Å². The zero-order valence-electron chi connectivity index (χ0n) is 40.7. The molecule has 0 radical (unpaired) electrons. The Morgan fingerprint density at radius 2 is 0.597 bits per heavy atom. The van der Waals surface area contributed by atoms with E-state index in [4.69, 9.17) is 0 Å². The van der Waals surface area contributed by atoms with Crippen LogP contribution >= 0.6 is 0 Å². The number of Topliss-reactive ketones (excluding diaryl/α,β-unsaturated/α-hetero) is 2. The zero-order chi connectivity index (χ0) is 45.5. The van der Waals surface area contributed by atoms with E-state index in [1.807, 2.05) is 0 Å². The van der Waals surface area contributed by atoms with Crippen molar-refractivity contribution in [3.8, 4) is 0 Å². The van der Waals surface area contributed by atoms with Crippen LogP contribution in [0.15, 0.2) is 85.1 Å². The number of ketones is 2. The minimum absolute atomic E-state index is 0.0323. The van der Waals surface area contributed by atoms with Gasteiger partial charge in [0.2, 0.25) is 0 Å². The molecule has 2 unspecified atom stereocenters. The van der Waals surface area contributed by atoms with Crippen molar-refractivity contribution < 1.29 is 24.9 Å². The van der Waals surface area contributed by atoms with E-state index in [1.54, 1.807) is 0 Å². The van der Waals surface area contributed by atoms with Gasteiger partial charge < -0.3 is 15.3 Å². The van der Waals surface area contributed by atoms with E-state index >= 15 is 0 Å². The van der Waals surface area contributed by atoms with E-state index in [0.29, 0.717) is 19.3 Å². The third-order valence-corrected chi connectivity index (χ3v) is 12.0. The summed E-state index contributed by atoms with van der Waals surface area (Å²) in [5.41, 5.74) is -4.79. The number of unbranched alkanes of at least 4 members (excludes halogenated alkanes) is 22. The number of allylic oxidation sites excluding steroid dienone is 14. The highest BCUT2D eigenvalue weighted by Gasteiger charge is 2.57. The van der Waals surface area contributed by atoms with Gasteiger partial charge in [0.05, 0.1) is 6.61 Å². The molecule has 0 aromatic carbocycles. The van der Waals surface area contributed by atoms with Gasteiger partial charge in [-0.25, -0.2) is 0 Å². The summed E-state index contributed by atoms with van der Waals surface area (Å²) >= 11 is 0. The summed E-state index contributed by atoms with van der Waals surface area (Å²) in [5.74, 6) is -1.14. The standard InChI is InChI=1S/C57H98O5/c1-4-7-10-13-16-19-22-25-28-31-34-37-40-43-46-49-52-56(61,54(59)50-47-44-41-38-35-32-29-26-23-20-17-14-11-8-5-2)57(62,53-58)55(60)51-48-45-42-39-36-33-30-27-24-21-18-15-12-9-6-3/h16-21,25-30,34,37,58,61-62H,4-15,22-24,31-33,35-36,38-53H2,1-3H3/b19-16-,20-17-,21-18-,28-25-,29-26-,30-27-,37-34-. The molecule has 356 valence electrons. The summed E-state index contributed by atoms with van der Waals surface area (Å²) in [7, 11) is 0. The molecule has 0 spiro atoms. The van der Waals surface area contributed by atoms with Crippen LogP contribution in [0, 0.1) is 0 Å². The Labute approximate surface area is 383 Å². The molecule has 0 aliphatic heterocycles. The predicted octanol–water partition coefficient (Wildman–Crippen LogP) is 16.2. The fourth-order valence-electron chi connectivity index (χ4n) is 7.74. The first-order valence-corrected chi connectivity index (χ1v) is 26.0. The Balaban J connectivity index is 4.98. The van der Waals surface area contributed by atoms with Crippen LogP contribution in [0.2, 0.25) is 0 Å². The molecule has 62 heavy (non-hydrogen) atoms. The molecule has 0 rings (SSSR count). The average molecular weight is 863 g/mol. The van der Waals surface area contributed by atoms with Gasteiger partial charge in [-0.3, -0.25) is 9.59 Å². The maximum absolute atomic E-state index is 13.8. The first-order chi connectivity index (χ1) is 30.3. The predicted molar refractivity (Wildman–Crippen MR) is 270 cm³/mol. The van der Waals surface area contributed by atoms with Crippen LogP contribution < -0.4 is 0 Å². The number of carbonyl (C=O) groups is 2. The van der Waals surface area contributed by atoms with E-state index < -0.39 is 29.4 Å². The fraction of sp³-hybridized carbons (Fsp3) is 0.719. The lowest BCUT2D eigenvalue weighted by Crippen LogP contribution is -2.65. The molecule has 0 aromatic rings. The topological polar surface area (TPSA) is 94.8 Å². The summed E-state index contributed by atoms with van der Waals surface area (Å²) in [5, 5.41) is 34.2. The Morgan fingerprint density at radius 3 is 0.919 bits per heavy atom. The second-order valence-electron chi connectivity index (χ2n) is 17.7. The molecule has 0 fully saturated rings. The van der Waals surface area contributed by atoms with Gasteiger partial charge in [0.15, 0.2) is 22.8 Å². The fourth-order valence-corrected chi connectivity index (χ4v) is 7.74. The SMILES string of the molecule is CCCCC/C=C\C/C=C\C/C=C\CCCCCC(O)(C(=O)CCCCCCC/C=C\C/C=C\CCCCC)C(O)(CO)C(=O)CCCCCCC/C=C\C/C=C\CCCCC. The van der Waals surface area contributed by atoms with Crippen LogP contribution in [0.4, 0.5) is 0 Å². The van der Waals surface area contributed by atoms with E-state index in [9.17, 15) is 24.9 Å². The highest BCUT2D eigenvalue weighted by Crippen LogP contribution is 2.34. The van der Waals surface area contributed by atoms with Gasteiger partial charge in [0, 0.05) is 12.8 Å². The third-order valence-electron chi connectivity index (χ3n) is 12.0. The number of rotatable bonds is 46. The van der Waals surface area contributed by atoms with Crippen molar-refractivity contribution in [2.75, 3.05) is 6.61 Å². The highest BCUT2D eigenvalue weighted by atomic mass is 16.4. The van der Waals surface area contributed by atoms with E-state index in [1.165, 1.54) is 70.6 Å². The second-order valence-corrected chi connectivity index (χ2v) is 17.7. The molecule has 3 N–H and O–H groups in total. The molecule has 0 aromatic heterocycles. The van der Waals surface area contributed by atoms with Crippen LogP contribution in [0.1, 0.15) is 245 Å². The Morgan fingerprint density at radius 1 is 0.339 bits per heavy atom. The van der Waals surface area contributed by atoms with Gasteiger partial charge in [-0.1, -0.05) is 189 Å². The summed E-state index contributed by atoms with van der Waals surface area (Å²) in [6.45, 7) is 5.73. The lowest BCUT2D eigenvalue weighted by Gasteiger charge is -2.40. The average Bonchev–Trinajstić information content (AvgIpc) is 3.28. The number of aliphatic hydroxyl groups excluding tert-OH is 1. The van der Waals surface area contributed by atoms with E-state index in [0.717, 1.165) is 116 Å². The van der Waals surface area contributed by atoms with Crippen LogP contribution in [-0.4, -0.2) is 44.7 Å². The molecule has 5 heteroatoms. The summed E-state index contributed by atoms with van der Waals surface area (Å²) in [6, 6.07) is 0. The van der Waals surface area contributed by atoms with Crippen LogP contribution in [0.5, 0.6) is 0 Å². The van der Waals surface area contributed by atoms with Gasteiger partial charge in [-0.2, -0.15) is 0 Å². The molecule has 0 bridgehead atoms. The molecule has 0 amide bonds. The molecule has 0 saturated heterocycles. The van der Waals surface area contributed by atoms with Gasteiger partial charge in [0.25, 0.3) is 0 Å². The van der Waals surface area contributed by atoms with Gasteiger partial charge in [-0.15, -0.1) is 0 Å². The number of hydrogen-bond acceptors (Lipinski definition) is 5. The summed E-state index contributed by atoms with van der Waals surface area (Å²) in [6.07, 6.45) is 64.4. The molecule has 2 atom stereocenters. The van der Waals surface area contributed by atoms with Crippen molar-refractivity contribution in [1.29, 1.82) is 0 Å². The first-order valence-electron chi connectivity index (χ1n) is 26.0. The molecule has 0 heterocycles. The Kier molecular flexibility index (Phi) is 43.1. The minimum atomic E-state index is -2.49. The molecular formula is C57H98O5. The van der Waals surface area contributed by atoms with Crippen molar-refractivity contribution in [2.45, 2.75) is 257 Å². The van der Waals surface area contributed by atoms with Crippen LogP contribution in [0.3, 0.4) is 0 Å². The maximum Gasteiger partial charge on any atom is 0.181 e. The minimum Gasteiger partial charge on any atom is -0.393 e. The highest BCUT2D eigenvalue weighted by molar-refractivity contribution is 5.99. The Bertz CT molecular complexity index is 1240. The van der Waals surface area contributed by atoms with Crippen LogP contribution in [-0.2, 0) is 9.59 Å². The third kappa shape index (κ3) is 33.0. The molecule has 0 aliphatic carbocycles. The van der Waals surface area contributed by atoms with Crippen molar-refractivity contribution in [1.82, 2.24) is 0 Å². The molecule has 0 aliphatic rings. The van der Waals surface area contributed by atoms with Gasteiger partial charge >= 0.3 is 0 Å². The smallest absolute Gasteiger partial charge is 0.181 e. The van der Waals surface area contributed by atoms with Crippen molar-refractivity contribution in [3.63, 3.8) is 0 Å². The van der Waals surface area contributed by atoms with Crippen LogP contribution in [0.25, 0.3) is 0 Å². The molecule has 0 saturated carbocycles. The molecular weight excluding hydrogens is 765 g/mol. The number of carbonyl (C=O) groups excluding carboxylic acids is 2. The van der Waals surface area contributed by atoms with Gasteiger partial charge in [-0.05, 0) is 128 Å². The summed E-state index contributed by atoms with van der Waals surface area (Å²) in [4.78, 5) is 27.4. The van der Waals surface area contributed by atoms with E-state index in [2.05, 4.69) is 106 Å². The quantitative estimate of drug-likeness (QED) is 0.0419. The lowest BCUT2D eigenvalue weighted by atomic mass is 9.71. The monoisotopic (exact) mass is 863 g/mol. The lowest BCUT2D eigenvalue weighted by molar-refractivity contribution is -0.192. The largest absolute Gasteiger partial charge is 0.393 e. The number of aliphatic hydroxyl groups is 3. The second kappa shape index (κ2) is 45.0. The van der Waals surface area contributed by atoms with Crippen molar-refractivity contribution in [2.24, 2.45) is 0 Å². The maximum atomic E-state index is 13.8. The van der Waals surface area contributed by atoms with Crippen molar-refractivity contribution in [3.05, 3.63) is 85.1 Å².